The second-order valence-corrected chi connectivity index (χ2v) is 5.73. The predicted octanol–water partition coefficient (Wildman–Crippen LogP) is 4.47. The molecule has 100 valence electrons. The number of aryl methyl sites for hydroxylation is 1. The third kappa shape index (κ3) is 4.51. The summed E-state index contributed by atoms with van der Waals surface area (Å²) in [5, 5.41) is 0. The van der Waals surface area contributed by atoms with E-state index in [2.05, 4.69) is 43.3 Å². The van der Waals surface area contributed by atoms with Gasteiger partial charge in [-0.1, -0.05) is 49.2 Å². The van der Waals surface area contributed by atoms with E-state index >= 15 is 0 Å². The minimum atomic E-state index is 1.20. The van der Waals surface area contributed by atoms with Crippen molar-refractivity contribution in [2.75, 3.05) is 12.8 Å². The van der Waals surface area contributed by atoms with E-state index in [1.807, 2.05) is 7.05 Å². The van der Waals surface area contributed by atoms with Gasteiger partial charge in [0.1, 0.15) is 0 Å². The lowest BCUT2D eigenvalue weighted by molar-refractivity contribution is 0.911. The molecule has 1 N–H and O–H groups in total. The summed E-state index contributed by atoms with van der Waals surface area (Å²) in [4.78, 5) is 0. The third-order valence-corrected chi connectivity index (χ3v) is 3.96. The Bertz CT molecular complexity index is 381. The summed E-state index contributed by atoms with van der Waals surface area (Å²) in [6.07, 6.45) is 5.08. The number of allylic oxidation sites excluding steroid dienone is 1. The van der Waals surface area contributed by atoms with Crippen molar-refractivity contribution in [3.8, 4) is 0 Å². The van der Waals surface area contributed by atoms with Gasteiger partial charge in [0.15, 0.2) is 0 Å². The van der Waals surface area contributed by atoms with E-state index in [1.54, 1.807) is 17.5 Å². The highest BCUT2D eigenvalue weighted by Gasteiger charge is 2.13. The standard InChI is InChI=1S/C12H14.C4H11NS/c1-9(2)11-7-3-5-10-6-4-8-12(10)11;1-3-4-6-5-2/h3,5,7H,1,4,6,8H2,2H3;5H,3-4H2,1-2H3. The van der Waals surface area contributed by atoms with E-state index in [0.29, 0.717) is 0 Å². The van der Waals surface area contributed by atoms with Crippen molar-refractivity contribution in [1.82, 2.24) is 4.72 Å². The Labute approximate surface area is 116 Å². The summed E-state index contributed by atoms with van der Waals surface area (Å²) in [6, 6.07) is 6.58. The van der Waals surface area contributed by atoms with E-state index in [0.717, 1.165) is 0 Å². The Kier molecular flexibility index (Phi) is 7.14. The maximum atomic E-state index is 4.00. The average molecular weight is 263 g/mol. The normalized spacial score (nSPS) is 12.6. The Morgan fingerprint density at radius 1 is 1.39 bits per heavy atom. The second-order valence-electron chi connectivity index (χ2n) is 4.63. The highest BCUT2D eigenvalue weighted by molar-refractivity contribution is 7.97. The quantitative estimate of drug-likeness (QED) is 0.635. The zero-order valence-corrected chi connectivity index (χ0v) is 12.7. The van der Waals surface area contributed by atoms with E-state index in [-0.39, 0.29) is 0 Å². The molecule has 1 nitrogen and oxygen atoms in total. The van der Waals surface area contributed by atoms with Crippen molar-refractivity contribution in [3.05, 3.63) is 41.5 Å². The highest BCUT2D eigenvalue weighted by atomic mass is 32.2. The lowest BCUT2D eigenvalue weighted by Gasteiger charge is -2.06. The molecule has 0 atom stereocenters. The minimum Gasteiger partial charge on any atom is -0.267 e. The monoisotopic (exact) mass is 263 g/mol. The van der Waals surface area contributed by atoms with Crippen LogP contribution in [0.4, 0.5) is 0 Å². The fraction of sp³-hybridized carbons (Fsp3) is 0.500. The zero-order chi connectivity index (χ0) is 13.4. The van der Waals surface area contributed by atoms with Crippen LogP contribution in [-0.4, -0.2) is 12.8 Å². The molecular weight excluding hydrogens is 238 g/mol. The number of benzene rings is 1. The van der Waals surface area contributed by atoms with Crippen LogP contribution in [0.1, 0.15) is 43.4 Å². The van der Waals surface area contributed by atoms with E-state index < -0.39 is 0 Å². The van der Waals surface area contributed by atoms with Crippen LogP contribution in [0.15, 0.2) is 24.8 Å². The molecule has 0 spiro atoms. The van der Waals surface area contributed by atoms with Crippen LogP contribution in [0.25, 0.3) is 5.57 Å². The number of hydrogen-bond acceptors (Lipinski definition) is 2. The van der Waals surface area contributed by atoms with Crippen LogP contribution < -0.4 is 4.72 Å². The van der Waals surface area contributed by atoms with Crippen LogP contribution in [0, 0.1) is 0 Å². The van der Waals surface area contributed by atoms with Crippen molar-refractivity contribution in [3.63, 3.8) is 0 Å². The van der Waals surface area contributed by atoms with Crippen molar-refractivity contribution in [2.24, 2.45) is 0 Å². The van der Waals surface area contributed by atoms with Crippen molar-refractivity contribution >= 4 is 17.5 Å². The van der Waals surface area contributed by atoms with E-state index in [1.165, 1.54) is 48.1 Å². The molecule has 1 aliphatic carbocycles. The molecule has 0 amide bonds. The summed E-state index contributed by atoms with van der Waals surface area (Å²) in [5.74, 6) is 1.22. The van der Waals surface area contributed by atoms with Gasteiger partial charge in [0.25, 0.3) is 0 Å². The first-order valence-electron chi connectivity index (χ1n) is 6.75. The largest absolute Gasteiger partial charge is 0.267 e. The van der Waals surface area contributed by atoms with Crippen LogP contribution >= 0.6 is 11.9 Å². The summed E-state index contributed by atoms with van der Waals surface area (Å²) < 4.78 is 2.99. The van der Waals surface area contributed by atoms with Gasteiger partial charge in [0, 0.05) is 5.75 Å². The zero-order valence-electron chi connectivity index (χ0n) is 11.9. The molecule has 1 aromatic carbocycles. The molecule has 0 saturated heterocycles. The lowest BCUT2D eigenvalue weighted by Crippen LogP contribution is -1.91. The maximum absolute atomic E-state index is 4.00. The lowest BCUT2D eigenvalue weighted by atomic mass is 9.99. The Balaban J connectivity index is 0.000000232. The Morgan fingerprint density at radius 2 is 2.17 bits per heavy atom. The molecule has 0 fully saturated rings. The third-order valence-electron chi connectivity index (χ3n) is 3.06. The van der Waals surface area contributed by atoms with Crippen molar-refractivity contribution in [1.29, 1.82) is 0 Å². The van der Waals surface area contributed by atoms with E-state index in [9.17, 15) is 0 Å². The van der Waals surface area contributed by atoms with Gasteiger partial charge < -0.3 is 0 Å². The van der Waals surface area contributed by atoms with Gasteiger partial charge in [0.05, 0.1) is 0 Å². The maximum Gasteiger partial charge on any atom is 0.00759 e. The summed E-state index contributed by atoms with van der Waals surface area (Å²) >= 11 is 1.76. The summed E-state index contributed by atoms with van der Waals surface area (Å²) in [7, 11) is 1.94. The average Bonchev–Trinajstić information content (AvgIpc) is 2.84. The predicted molar refractivity (Wildman–Crippen MR) is 85.0 cm³/mol. The van der Waals surface area contributed by atoms with Gasteiger partial charge in [-0.15, -0.1) is 0 Å². The minimum absolute atomic E-state index is 1.20. The van der Waals surface area contributed by atoms with Crippen LogP contribution in [-0.2, 0) is 12.8 Å². The first-order chi connectivity index (χ1) is 8.70. The SMILES string of the molecule is C=C(C)c1cccc2c1CCC2.CCCSNC. The molecule has 0 unspecified atom stereocenters. The summed E-state index contributed by atoms with van der Waals surface area (Å²) in [6.45, 7) is 8.27. The van der Waals surface area contributed by atoms with Crippen molar-refractivity contribution in [2.45, 2.75) is 39.5 Å². The fourth-order valence-corrected chi connectivity index (χ4v) is 2.63. The smallest absolute Gasteiger partial charge is 0.00759 e. The van der Waals surface area contributed by atoms with Crippen LogP contribution in [0.2, 0.25) is 0 Å². The molecule has 18 heavy (non-hydrogen) atoms. The van der Waals surface area contributed by atoms with E-state index in [4.69, 9.17) is 0 Å². The topological polar surface area (TPSA) is 12.0 Å². The molecule has 2 heteroatoms. The number of nitrogens with one attached hydrogen (secondary N) is 1. The molecule has 0 radical (unpaired) electrons. The number of fused-ring (bicyclic) bond motifs is 1. The van der Waals surface area contributed by atoms with Gasteiger partial charge in [-0.2, -0.15) is 0 Å². The number of hydrogen-bond donors (Lipinski definition) is 1. The Hall–Kier alpha value is -0.730. The molecule has 1 aliphatic rings. The Morgan fingerprint density at radius 3 is 2.72 bits per heavy atom. The first-order valence-corrected chi connectivity index (χ1v) is 7.74. The van der Waals surface area contributed by atoms with Gasteiger partial charge in [0.2, 0.25) is 0 Å². The molecule has 0 bridgehead atoms. The second kappa shape index (κ2) is 8.39. The van der Waals surface area contributed by atoms with Gasteiger partial charge in [-0.05, 0) is 56.3 Å². The summed E-state index contributed by atoms with van der Waals surface area (Å²) in [5.41, 5.74) is 5.67. The fourth-order valence-electron chi connectivity index (χ4n) is 2.22. The van der Waals surface area contributed by atoms with Crippen LogP contribution in [0.3, 0.4) is 0 Å². The molecule has 2 rings (SSSR count). The number of rotatable bonds is 4. The molecular formula is C16H25NS. The molecule has 1 aromatic rings. The van der Waals surface area contributed by atoms with Gasteiger partial charge >= 0.3 is 0 Å². The van der Waals surface area contributed by atoms with Crippen molar-refractivity contribution < 1.29 is 0 Å². The highest BCUT2D eigenvalue weighted by Crippen LogP contribution is 2.28. The molecule has 0 aromatic heterocycles. The molecule has 0 saturated carbocycles. The van der Waals surface area contributed by atoms with Gasteiger partial charge in [-0.3, -0.25) is 4.72 Å². The van der Waals surface area contributed by atoms with Crippen LogP contribution in [0.5, 0.6) is 0 Å². The first kappa shape index (κ1) is 15.3. The molecule has 0 aliphatic heterocycles. The molecule has 0 heterocycles. The van der Waals surface area contributed by atoms with Gasteiger partial charge in [-0.25, -0.2) is 0 Å².